The van der Waals surface area contributed by atoms with Crippen LogP contribution in [0, 0.1) is 6.92 Å². The van der Waals surface area contributed by atoms with Crippen LogP contribution < -0.4 is 0 Å². The minimum Gasteiger partial charge on any atom is -0.358 e. The molecule has 1 N–H and O–H groups in total. The molecule has 0 unspecified atom stereocenters. The molecule has 1 atom stereocenters. The predicted molar refractivity (Wildman–Crippen MR) is 77.4 cm³/mol. The fourth-order valence-electron chi connectivity index (χ4n) is 3.11. The van der Waals surface area contributed by atoms with E-state index in [-0.39, 0.29) is 6.04 Å². The number of aromatic nitrogens is 1. The SMILES string of the molecule is [2H]C([2H])([2H])N1CCC[C@@H]1Cc1c(C)[nH]c2ccc(C(F)(F)F)cc12. The van der Waals surface area contributed by atoms with Gasteiger partial charge in [-0.1, -0.05) is 0 Å². The largest absolute Gasteiger partial charge is 0.416 e. The van der Waals surface area contributed by atoms with Crippen molar-refractivity contribution in [2.24, 2.45) is 0 Å². The fourth-order valence-corrected chi connectivity index (χ4v) is 3.11. The van der Waals surface area contributed by atoms with Gasteiger partial charge in [0.05, 0.1) is 5.56 Å². The minimum absolute atomic E-state index is 0.176. The molecule has 1 aromatic carbocycles. The summed E-state index contributed by atoms with van der Waals surface area (Å²) >= 11 is 0. The Bertz CT molecular complexity index is 749. The number of likely N-dealkylation sites (tertiary alicyclic amines) is 1. The van der Waals surface area contributed by atoms with E-state index in [4.69, 9.17) is 4.11 Å². The lowest BCUT2D eigenvalue weighted by Gasteiger charge is -2.19. The Morgan fingerprint density at radius 3 is 2.95 bits per heavy atom. The second-order valence-corrected chi connectivity index (χ2v) is 5.68. The van der Waals surface area contributed by atoms with Gasteiger partial charge in [-0.05, 0) is 63.5 Å². The molecule has 1 fully saturated rings. The quantitative estimate of drug-likeness (QED) is 0.883. The molecule has 1 aliphatic rings. The molecule has 5 heteroatoms. The van der Waals surface area contributed by atoms with Crippen LogP contribution in [0.25, 0.3) is 10.9 Å². The van der Waals surface area contributed by atoms with Crippen LogP contribution in [0.2, 0.25) is 0 Å². The highest BCUT2D eigenvalue weighted by molar-refractivity contribution is 5.85. The summed E-state index contributed by atoms with van der Waals surface area (Å²) in [5, 5.41) is 0.528. The van der Waals surface area contributed by atoms with Crippen LogP contribution in [-0.4, -0.2) is 29.4 Å². The van der Waals surface area contributed by atoms with E-state index in [9.17, 15) is 13.2 Å². The fraction of sp³-hybridized carbons (Fsp3) is 0.500. The Balaban J connectivity index is 1.98. The number of benzene rings is 1. The van der Waals surface area contributed by atoms with E-state index in [2.05, 4.69) is 4.98 Å². The smallest absolute Gasteiger partial charge is 0.358 e. The zero-order valence-electron chi connectivity index (χ0n) is 14.7. The van der Waals surface area contributed by atoms with Crippen molar-refractivity contribution in [3.8, 4) is 0 Å². The summed E-state index contributed by atoms with van der Waals surface area (Å²) in [5.74, 6) is 0. The molecule has 2 nitrogen and oxygen atoms in total. The Hall–Kier alpha value is -1.49. The normalized spacial score (nSPS) is 23.2. The second kappa shape index (κ2) is 5.05. The topological polar surface area (TPSA) is 19.0 Å². The summed E-state index contributed by atoms with van der Waals surface area (Å²) in [4.78, 5) is 4.59. The predicted octanol–water partition coefficient (Wildman–Crippen LogP) is 4.13. The molecule has 0 saturated carbocycles. The third-order valence-corrected chi connectivity index (χ3v) is 4.26. The summed E-state index contributed by atoms with van der Waals surface area (Å²) in [6.07, 6.45) is -2.43. The van der Waals surface area contributed by atoms with Crippen LogP contribution in [0.15, 0.2) is 18.2 Å². The van der Waals surface area contributed by atoms with Crippen molar-refractivity contribution < 1.29 is 17.3 Å². The van der Waals surface area contributed by atoms with Crippen LogP contribution in [0.1, 0.15) is 33.8 Å². The number of aryl methyl sites for hydroxylation is 1. The molecule has 0 bridgehead atoms. The number of hydrogen-bond donors (Lipinski definition) is 1. The van der Waals surface area contributed by atoms with Crippen LogP contribution >= 0.6 is 0 Å². The van der Waals surface area contributed by atoms with Gasteiger partial charge in [-0.15, -0.1) is 0 Å². The van der Waals surface area contributed by atoms with Crippen LogP contribution in [0.3, 0.4) is 0 Å². The number of H-pyrrole nitrogens is 1. The number of halogens is 3. The number of hydrogen-bond acceptors (Lipinski definition) is 1. The summed E-state index contributed by atoms with van der Waals surface area (Å²) in [5.41, 5.74) is 1.53. The third-order valence-electron chi connectivity index (χ3n) is 4.26. The van der Waals surface area contributed by atoms with Crippen molar-refractivity contribution >= 4 is 10.9 Å². The zero-order chi connectivity index (χ0) is 17.7. The summed E-state index contributed by atoms with van der Waals surface area (Å²) in [7, 11) is 0. The molecule has 1 saturated heterocycles. The first-order valence-electron chi connectivity index (χ1n) is 8.52. The molecule has 0 radical (unpaired) electrons. The van der Waals surface area contributed by atoms with Gasteiger partial charge in [0.25, 0.3) is 0 Å². The van der Waals surface area contributed by atoms with Gasteiger partial charge in [0.2, 0.25) is 0 Å². The molecule has 0 aliphatic carbocycles. The molecular weight excluding hydrogens is 277 g/mol. The minimum atomic E-state index is -4.39. The van der Waals surface area contributed by atoms with E-state index in [1.165, 1.54) is 11.0 Å². The number of alkyl halides is 3. The zero-order valence-corrected chi connectivity index (χ0v) is 11.7. The Kier molecular flexibility index (Phi) is 2.68. The van der Waals surface area contributed by atoms with Crippen LogP contribution in [0.4, 0.5) is 13.2 Å². The Morgan fingerprint density at radius 1 is 1.43 bits per heavy atom. The monoisotopic (exact) mass is 299 g/mol. The molecule has 1 aliphatic heterocycles. The van der Waals surface area contributed by atoms with Gasteiger partial charge in [0, 0.05) is 26.8 Å². The first-order chi connectivity index (χ1) is 11.1. The van der Waals surface area contributed by atoms with Gasteiger partial charge in [-0.25, -0.2) is 0 Å². The maximum Gasteiger partial charge on any atom is 0.416 e. The van der Waals surface area contributed by atoms with Crippen molar-refractivity contribution in [2.75, 3.05) is 13.5 Å². The molecule has 2 aromatic rings. The highest BCUT2D eigenvalue weighted by Crippen LogP contribution is 2.34. The standard InChI is InChI=1S/C16H19F3N2/c1-10-13(9-12-4-3-7-21(12)2)14-8-11(16(17,18)19)5-6-15(14)20-10/h5-6,8,12,20H,3-4,7,9H2,1-2H3/t12-/m1/s1/i2D3. The number of fused-ring (bicyclic) bond motifs is 1. The van der Waals surface area contributed by atoms with E-state index >= 15 is 0 Å². The molecule has 114 valence electrons. The molecule has 3 rings (SSSR count). The molecular formula is C16H19F3N2. The lowest BCUT2D eigenvalue weighted by molar-refractivity contribution is -0.137. The lowest BCUT2D eigenvalue weighted by atomic mass is 10.00. The van der Waals surface area contributed by atoms with Crippen LogP contribution in [-0.2, 0) is 12.6 Å². The van der Waals surface area contributed by atoms with Crippen molar-refractivity contribution in [3.63, 3.8) is 0 Å². The first kappa shape index (κ1) is 11.1. The highest BCUT2D eigenvalue weighted by atomic mass is 19.4. The Labute approximate surface area is 126 Å². The number of likely N-dealkylation sites (N-methyl/N-ethyl adjacent to an activating group) is 1. The van der Waals surface area contributed by atoms with E-state index in [1.54, 1.807) is 0 Å². The summed E-state index contributed by atoms with van der Waals surface area (Å²) in [6.45, 7) is 0.145. The van der Waals surface area contributed by atoms with E-state index in [0.29, 0.717) is 23.9 Å². The third kappa shape index (κ3) is 2.67. The molecule has 0 amide bonds. The van der Waals surface area contributed by atoms with Gasteiger partial charge < -0.3 is 9.88 Å². The number of nitrogens with zero attached hydrogens (tertiary/aromatic N) is 1. The number of rotatable bonds is 2. The number of aromatic amines is 1. The van der Waals surface area contributed by atoms with Crippen LogP contribution in [0.5, 0.6) is 0 Å². The lowest BCUT2D eigenvalue weighted by Crippen LogP contribution is -2.26. The van der Waals surface area contributed by atoms with Gasteiger partial charge in [0.1, 0.15) is 0 Å². The maximum atomic E-state index is 13.0. The number of nitrogens with one attached hydrogen (secondary N) is 1. The van der Waals surface area contributed by atoms with E-state index in [0.717, 1.165) is 36.2 Å². The average Bonchev–Trinajstić information content (AvgIpc) is 3.03. The molecule has 1 aromatic heterocycles. The highest BCUT2D eigenvalue weighted by Gasteiger charge is 2.31. The van der Waals surface area contributed by atoms with Gasteiger partial charge >= 0.3 is 6.18 Å². The molecule has 2 heterocycles. The molecule has 0 spiro atoms. The van der Waals surface area contributed by atoms with Gasteiger partial charge in [-0.2, -0.15) is 13.2 Å². The average molecular weight is 299 g/mol. The maximum absolute atomic E-state index is 13.0. The van der Waals surface area contributed by atoms with Crippen molar-refractivity contribution in [1.82, 2.24) is 9.88 Å². The summed E-state index contributed by atoms with van der Waals surface area (Å²) in [6, 6.07) is 3.48. The van der Waals surface area contributed by atoms with E-state index in [1.807, 2.05) is 6.92 Å². The van der Waals surface area contributed by atoms with E-state index < -0.39 is 18.7 Å². The summed E-state index contributed by atoms with van der Waals surface area (Å²) < 4.78 is 61.8. The first-order valence-corrected chi connectivity index (χ1v) is 7.02. The van der Waals surface area contributed by atoms with Crippen molar-refractivity contribution in [2.45, 2.75) is 38.4 Å². The van der Waals surface area contributed by atoms with Crippen molar-refractivity contribution in [1.29, 1.82) is 0 Å². The Morgan fingerprint density at radius 2 is 2.24 bits per heavy atom. The second-order valence-electron chi connectivity index (χ2n) is 5.68. The van der Waals surface area contributed by atoms with Gasteiger partial charge in [0.15, 0.2) is 0 Å². The van der Waals surface area contributed by atoms with Gasteiger partial charge in [-0.3, -0.25) is 0 Å². The van der Waals surface area contributed by atoms with Crippen molar-refractivity contribution in [3.05, 3.63) is 35.0 Å². The molecule has 21 heavy (non-hydrogen) atoms.